The van der Waals surface area contributed by atoms with Gasteiger partial charge in [0.1, 0.15) is 17.2 Å². The molecule has 5 heteroatoms. The summed E-state index contributed by atoms with van der Waals surface area (Å²) in [6, 6.07) is 17.5. The molecule has 0 radical (unpaired) electrons. The van der Waals surface area contributed by atoms with Crippen LogP contribution in [0.1, 0.15) is 13.8 Å². The SMILES string of the molecule is CC(C)(CNc1nc(Cl)nc2ccccc12)Oc1ccccc1. The minimum atomic E-state index is -0.403. The highest BCUT2D eigenvalue weighted by molar-refractivity contribution is 6.28. The van der Waals surface area contributed by atoms with Crippen LogP contribution in [0.3, 0.4) is 0 Å². The highest BCUT2D eigenvalue weighted by Gasteiger charge is 2.20. The van der Waals surface area contributed by atoms with Crippen molar-refractivity contribution in [2.24, 2.45) is 0 Å². The number of rotatable bonds is 5. The monoisotopic (exact) mass is 327 g/mol. The van der Waals surface area contributed by atoms with Crippen molar-refractivity contribution in [3.05, 3.63) is 59.9 Å². The van der Waals surface area contributed by atoms with E-state index in [0.717, 1.165) is 16.7 Å². The zero-order valence-corrected chi connectivity index (χ0v) is 13.8. The maximum atomic E-state index is 6.03. The van der Waals surface area contributed by atoms with Crippen LogP contribution in [0.25, 0.3) is 10.9 Å². The van der Waals surface area contributed by atoms with Crippen LogP contribution in [-0.4, -0.2) is 22.1 Å². The Balaban J connectivity index is 1.77. The third-order valence-electron chi connectivity index (χ3n) is 3.39. The Labute approximate surface area is 140 Å². The number of anilines is 1. The first kappa shape index (κ1) is 15.6. The van der Waals surface area contributed by atoms with Crippen LogP contribution in [0.2, 0.25) is 5.28 Å². The molecule has 0 aliphatic carbocycles. The molecular formula is C18H18ClN3O. The van der Waals surface area contributed by atoms with Crippen LogP contribution >= 0.6 is 11.6 Å². The molecule has 3 aromatic rings. The molecule has 0 saturated carbocycles. The van der Waals surface area contributed by atoms with Crippen LogP contribution < -0.4 is 10.1 Å². The number of nitrogens with zero attached hydrogens (tertiary/aromatic N) is 2. The maximum Gasteiger partial charge on any atom is 0.224 e. The van der Waals surface area contributed by atoms with Crippen molar-refractivity contribution in [3.8, 4) is 5.75 Å². The average molecular weight is 328 g/mol. The zero-order valence-electron chi connectivity index (χ0n) is 13.1. The summed E-state index contributed by atoms with van der Waals surface area (Å²) < 4.78 is 6.03. The standard InChI is InChI=1S/C18H18ClN3O/c1-18(2,23-13-8-4-3-5-9-13)12-20-16-14-10-6-7-11-15(14)21-17(19)22-16/h3-11H,12H2,1-2H3,(H,20,21,22). The Bertz CT molecular complexity index is 806. The highest BCUT2D eigenvalue weighted by Crippen LogP contribution is 2.23. The fourth-order valence-electron chi connectivity index (χ4n) is 2.32. The van der Waals surface area contributed by atoms with E-state index < -0.39 is 5.60 Å². The van der Waals surface area contributed by atoms with Gasteiger partial charge in [-0.3, -0.25) is 0 Å². The lowest BCUT2D eigenvalue weighted by atomic mass is 10.1. The third-order valence-corrected chi connectivity index (χ3v) is 3.56. The van der Waals surface area contributed by atoms with Gasteiger partial charge >= 0.3 is 0 Å². The molecule has 0 amide bonds. The maximum absolute atomic E-state index is 6.03. The van der Waals surface area contributed by atoms with Gasteiger partial charge in [-0.2, -0.15) is 0 Å². The van der Waals surface area contributed by atoms with Gasteiger partial charge in [-0.05, 0) is 49.7 Å². The molecule has 3 rings (SSSR count). The lowest BCUT2D eigenvalue weighted by molar-refractivity contribution is 0.123. The lowest BCUT2D eigenvalue weighted by Crippen LogP contribution is -2.36. The topological polar surface area (TPSA) is 47.0 Å². The molecular weight excluding hydrogens is 310 g/mol. The van der Waals surface area contributed by atoms with Crippen LogP contribution in [0.5, 0.6) is 5.75 Å². The van der Waals surface area contributed by atoms with E-state index in [1.807, 2.05) is 68.4 Å². The number of benzene rings is 2. The minimum absolute atomic E-state index is 0.230. The summed E-state index contributed by atoms with van der Waals surface area (Å²) in [6.45, 7) is 4.63. The Morgan fingerprint density at radius 3 is 2.48 bits per heavy atom. The number of nitrogens with one attached hydrogen (secondary N) is 1. The highest BCUT2D eigenvalue weighted by atomic mass is 35.5. The summed E-state index contributed by atoms with van der Waals surface area (Å²) in [5.74, 6) is 1.55. The Hall–Kier alpha value is -2.33. The summed E-state index contributed by atoms with van der Waals surface area (Å²) in [5.41, 5.74) is 0.414. The van der Waals surface area contributed by atoms with Gasteiger partial charge in [0.2, 0.25) is 5.28 Å². The van der Waals surface area contributed by atoms with E-state index in [4.69, 9.17) is 16.3 Å². The smallest absolute Gasteiger partial charge is 0.224 e. The molecule has 0 aliphatic heterocycles. The Morgan fingerprint density at radius 2 is 1.70 bits per heavy atom. The fraction of sp³-hybridized carbons (Fsp3) is 0.222. The first-order valence-electron chi connectivity index (χ1n) is 7.44. The van der Waals surface area contributed by atoms with Gasteiger partial charge in [-0.25, -0.2) is 9.97 Å². The average Bonchev–Trinajstić information content (AvgIpc) is 2.53. The van der Waals surface area contributed by atoms with E-state index in [1.165, 1.54) is 0 Å². The number of fused-ring (bicyclic) bond motifs is 1. The van der Waals surface area contributed by atoms with Crippen LogP contribution in [0.15, 0.2) is 54.6 Å². The largest absolute Gasteiger partial charge is 0.486 e. The second-order valence-electron chi connectivity index (χ2n) is 5.89. The van der Waals surface area contributed by atoms with Gasteiger partial charge in [-0.1, -0.05) is 30.3 Å². The second-order valence-corrected chi connectivity index (χ2v) is 6.22. The van der Waals surface area contributed by atoms with E-state index in [-0.39, 0.29) is 5.28 Å². The first-order valence-corrected chi connectivity index (χ1v) is 7.81. The summed E-state index contributed by atoms with van der Waals surface area (Å²) in [5, 5.41) is 4.50. The van der Waals surface area contributed by atoms with E-state index in [2.05, 4.69) is 15.3 Å². The normalized spacial score (nSPS) is 11.4. The summed E-state index contributed by atoms with van der Waals surface area (Å²) in [6.07, 6.45) is 0. The van der Waals surface area contributed by atoms with E-state index in [0.29, 0.717) is 12.4 Å². The van der Waals surface area contributed by atoms with Crippen molar-refractivity contribution < 1.29 is 4.74 Å². The molecule has 0 unspecified atom stereocenters. The van der Waals surface area contributed by atoms with E-state index >= 15 is 0 Å². The van der Waals surface area contributed by atoms with Crippen LogP contribution in [0, 0.1) is 0 Å². The molecule has 0 saturated heterocycles. The molecule has 0 atom stereocenters. The molecule has 0 aliphatic rings. The zero-order chi connectivity index (χ0) is 16.3. The number of ether oxygens (including phenoxy) is 1. The minimum Gasteiger partial charge on any atom is -0.486 e. The molecule has 0 spiro atoms. The molecule has 1 heterocycles. The molecule has 4 nitrogen and oxygen atoms in total. The van der Waals surface area contributed by atoms with Crippen molar-refractivity contribution in [2.45, 2.75) is 19.4 Å². The number of hydrogen-bond donors (Lipinski definition) is 1. The molecule has 0 fully saturated rings. The van der Waals surface area contributed by atoms with Crippen molar-refractivity contribution in [3.63, 3.8) is 0 Å². The molecule has 2 aromatic carbocycles. The lowest BCUT2D eigenvalue weighted by Gasteiger charge is -2.27. The predicted octanol–water partition coefficient (Wildman–Crippen LogP) is 4.55. The van der Waals surface area contributed by atoms with Crippen molar-refractivity contribution in [1.29, 1.82) is 0 Å². The molecule has 23 heavy (non-hydrogen) atoms. The van der Waals surface area contributed by atoms with E-state index in [1.54, 1.807) is 0 Å². The number of aromatic nitrogens is 2. The summed E-state index contributed by atoms with van der Waals surface area (Å²) >= 11 is 6.01. The van der Waals surface area contributed by atoms with E-state index in [9.17, 15) is 0 Å². The van der Waals surface area contributed by atoms with Gasteiger partial charge < -0.3 is 10.1 Å². The van der Waals surface area contributed by atoms with Gasteiger partial charge in [0.15, 0.2) is 0 Å². The Morgan fingerprint density at radius 1 is 1.00 bits per heavy atom. The Kier molecular flexibility index (Phi) is 4.35. The van der Waals surface area contributed by atoms with Gasteiger partial charge in [-0.15, -0.1) is 0 Å². The second kappa shape index (κ2) is 6.42. The van der Waals surface area contributed by atoms with Gasteiger partial charge in [0.25, 0.3) is 0 Å². The van der Waals surface area contributed by atoms with Crippen molar-refractivity contribution in [2.75, 3.05) is 11.9 Å². The predicted molar refractivity (Wildman–Crippen MR) is 94.2 cm³/mol. The van der Waals surface area contributed by atoms with Crippen LogP contribution in [0.4, 0.5) is 5.82 Å². The van der Waals surface area contributed by atoms with Crippen molar-refractivity contribution >= 4 is 28.3 Å². The quantitative estimate of drug-likeness (QED) is 0.698. The molecule has 118 valence electrons. The van der Waals surface area contributed by atoms with Crippen LogP contribution in [-0.2, 0) is 0 Å². The number of para-hydroxylation sites is 2. The summed E-state index contributed by atoms with van der Waals surface area (Å²) in [4.78, 5) is 8.53. The van der Waals surface area contributed by atoms with Crippen molar-refractivity contribution in [1.82, 2.24) is 9.97 Å². The van der Waals surface area contributed by atoms with Gasteiger partial charge in [0, 0.05) is 5.39 Å². The fourth-order valence-corrected chi connectivity index (χ4v) is 2.50. The van der Waals surface area contributed by atoms with Gasteiger partial charge in [0.05, 0.1) is 12.1 Å². The number of hydrogen-bond acceptors (Lipinski definition) is 4. The molecule has 1 aromatic heterocycles. The summed E-state index contributed by atoms with van der Waals surface area (Å²) in [7, 11) is 0. The molecule has 0 bridgehead atoms. The first-order chi connectivity index (χ1) is 11.0. The number of halogens is 1. The molecule has 1 N–H and O–H groups in total. The third kappa shape index (κ3) is 3.90.